The zero-order valence-electron chi connectivity index (χ0n) is 8.69. The van der Waals surface area contributed by atoms with Crippen molar-refractivity contribution in [3.05, 3.63) is 33.0 Å². The number of nitriles is 1. The van der Waals surface area contributed by atoms with Crippen molar-refractivity contribution in [2.24, 2.45) is 0 Å². The Morgan fingerprint density at radius 1 is 1.69 bits per heavy atom. The first kappa shape index (κ1) is 11.2. The minimum absolute atomic E-state index is 0.0143. The van der Waals surface area contributed by atoms with Crippen LogP contribution in [0.15, 0.2) is 27.4 Å². The molecule has 1 aliphatic heterocycles. The lowest BCUT2D eigenvalue weighted by atomic mass is 9.89. The first-order valence-electron chi connectivity index (χ1n) is 4.76. The number of nitrogens with zero attached hydrogens (tertiary/aromatic N) is 1. The number of allylic oxidation sites excluding steroid dienone is 1. The average molecular weight is 250 g/mol. The van der Waals surface area contributed by atoms with E-state index in [4.69, 9.17) is 0 Å². The summed E-state index contributed by atoms with van der Waals surface area (Å²) in [6.45, 7) is 0. The van der Waals surface area contributed by atoms with E-state index in [9.17, 15) is 10.1 Å². The third kappa shape index (κ3) is 1.99. The molecule has 1 aromatic rings. The van der Waals surface area contributed by atoms with Crippen LogP contribution in [-0.2, 0) is 4.79 Å². The van der Waals surface area contributed by atoms with Gasteiger partial charge < -0.3 is 5.32 Å². The molecule has 82 valence electrons. The van der Waals surface area contributed by atoms with Crippen molar-refractivity contribution >= 4 is 29.0 Å². The fourth-order valence-corrected chi connectivity index (χ4v) is 3.08. The minimum atomic E-state index is -0.0764. The molecule has 0 unspecified atom stereocenters. The van der Waals surface area contributed by atoms with Crippen LogP contribution in [0.25, 0.3) is 0 Å². The van der Waals surface area contributed by atoms with Crippen molar-refractivity contribution in [1.82, 2.24) is 5.32 Å². The summed E-state index contributed by atoms with van der Waals surface area (Å²) in [6.07, 6.45) is 2.23. The van der Waals surface area contributed by atoms with Crippen molar-refractivity contribution in [2.45, 2.75) is 12.3 Å². The summed E-state index contributed by atoms with van der Waals surface area (Å²) in [4.78, 5) is 11.5. The molecule has 1 aromatic heterocycles. The normalized spacial score (nSPS) is 20.5. The van der Waals surface area contributed by atoms with Crippen molar-refractivity contribution in [2.75, 3.05) is 6.26 Å². The molecule has 16 heavy (non-hydrogen) atoms. The predicted octanol–water partition coefficient (Wildman–Crippen LogP) is 2.45. The van der Waals surface area contributed by atoms with E-state index in [1.54, 1.807) is 11.3 Å². The quantitative estimate of drug-likeness (QED) is 0.877. The van der Waals surface area contributed by atoms with Crippen molar-refractivity contribution in [3.63, 3.8) is 0 Å². The van der Waals surface area contributed by atoms with Gasteiger partial charge in [-0.15, -0.1) is 11.8 Å². The van der Waals surface area contributed by atoms with Crippen molar-refractivity contribution < 1.29 is 4.79 Å². The number of hydrogen-bond donors (Lipinski definition) is 1. The molecule has 1 atom stereocenters. The highest BCUT2D eigenvalue weighted by Gasteiger charge is 2.28. The lowest BCUT2D eigenvalue weighted by molar-refractivity contribution is -0.120. The smallest absolute Gasteiger partial charge is 0.225 e. The van der Waals surface area contributed by atoms with Crippen LogP contribution in [0.4, 0.5) is 0 Å². The highest BCUT2D eigenvalue weighted by molar-refractivity contribution is 8.02. The Bertz CT molecular complexity index is 471. The number of hydrogen-bond acceptors (Lipinski definition) is 4. The average Bonchev–Trinajstić information content (AvgIpc) is 2.81. The predicted molar refractivity (Wildman–Crippen MR) is 66.0 cm³/mol. The minimum Gasteiger partial charge on any atom is -0.320 e. The third-order valence-corrected chi connectivity index (χ3v) is 3.94. The Kier molecular flexibility index (Phi) is 3.32. The number of carbonyl (C=O) groups excluding carboxylic acids is 1. The van der Waals surface area contributed by atoms with Crippen LogP contribution in [0.5, 0.6) is 0 Å². The second-order valence-electron chi connectivity index (χ2n) is 3.42. The summed E-state index contributed by atoms with van der Waals surface area (Å²) < 4.78 is 0. The molecular formula is C11H10N2OS2. The molecule has 0 aromatic carbocycles. The summed E-state index contributed by atoms with van der Waals surface area (Å²) in [7, 11) is 0. The number of rotatable bonds is 2. The number of amides is 1. The fourth-order valence-electron chi connectivity index (χ4n) is 1.74. The zero-order chi connectivity index (χ0) is 11.5. The SMILES string of the molecule is CSC1=C(C#N)[C@H](c2ccsc2)CC(=O)N1. The Morgan fingerprint density at radius 2 is 2.50 bits per heavy atom. The number of nitrogens with one attached hydrogen (secondary N) is 1. The van der Waals surface area contributed by atoms with E-state index in [0.29, 0.717) is 17.0 Å². The zero-order valence-corrected chi connectivity index (χ0v) is 10.3. The molecule has 0 fully saturated rings. The van der Waals surface area contributed by atoms with Gasteiger partial charge in [0.05, 0.1) is 16.7 Å². The second kappa shape index (κ2) is 4.73. The van der Waals surface area contributed by atoms with Gasteiger partial charge in [0.25, 0.3) is 0 Å². The standard InChI is InChI=1S/C11H10N2OS2/c1-15-11-9(5-12)8(4-10(14)13-11)7-2-3-16-6-7/h2-3,6,8H,4H2,1H3,(H,13,14)/t8-/m0/s1. The lowest BCUT2D eigenvalue weighted by Crippen LogP contribution is -2.30. The Morgan fingerprint density at radius 3 is 3.06 bits per heavy atom. The topological polar surface area (TPSA) is 52.9 Å². The van der Waals surface area contributed by atoms with Gasteiger partial charge in [-0.25, -0.2) is 0 Å². The van der Waals surface area contributed by atoms with Gasteiger partial charge >= 0.3 is 0 Å². The van der Waals surface area contributed by atoms with Crippen LogP contribution in [0.1, 0.15) is 17.9 Å². The largest absolute Gasteiger partial charge is 0.320 e. The Hall–Kier alpha value is -1.25. The molecule has 0 saturated heterocycles. The summed E-state index contributed by atoms with van der Waals surface area (Å²) in [5, 5.41) is 16.6. The second-order valence-corrected chi connectivity index (χ2v) is 5.02. The number of carbonyl (C=O) groups is 1. The van der Waals surface area contributed by atoms with Crippen molar-refractivity contribution in [1.29, 1.82) is 5.26 Å². The molecule has 1 aliphatic rings. The number of thiophene rings is 1. The van der Waals surface area contributed by atoms with E-state index in [1.165, 1.54) is 11.8 Å². The van der Waals surface area contributed by atoms with E-state index < -0.39 is 0 Å². The molecule has 0 saturated carbocycles. The molecule has 5 heteroatoms. The summed E-state index contributed by atoms with van der Waals surface area (Å²) in [5.74, 6) is -0.0907. The fraction of sp³-hybridized carbons (Fsp3) is 0.273. The van der Waals surface area contributed by atoms with Crippen molar-refractivity contribution in [3.8, 4) is 6.07 Å². The van der Waals surface area contributed by atoms with Crippen LogP contribution >= 0.6 is 23.1 Å². The maximum absolute atomic E-state index is 11.5. The third-order valence-electron chi connectivity index (χ3n) is 2.51. The molecule has 0 spiro atoms. The molecule has 2 heterocycles. The van der Waals surface area contributed by atoms with Crippen LogP contribution < -0.4 is 5.32 Å². The molecule has 3 nitrogen and oxygen atoms in total. The molecule has 1 N–H and O–H groups in total. The Labute approximate surface area is 102 Å². The molecule has 2 rings (SSSR count). The molecule has 0 bridgehead atoms. The lowest BCUT2D eigenvalue weighted by Gasteiger charge is -2.23. The van der Waals surface area contributed by atoms with E-state index in [2.05, 4.69) is 11.4 Å². The summed E-state index contributed by atoms with van der Waals surface area (Å²) >= 11 is 3.00. The first-order chi connectivity index (χ1) is 7.76. The van der Waals surface area contributed by atoms with E-state index in [1.807, 2.05) is 23.1 Å². The van der Waals surface area contributed by atoms with Crippen LogP contribution in [0.2, 0.25) is 0 Å². The molecular weight excluding hydrogens is 240 g/mol. The summed E-state index contributed by atoms with van der Waals surface area (Å²) in [6, 6.07) is 4.19. The number of thioether (sulfide) groups is 1. The first-order valence-corrected chi connectivity index (χ1v) is 6.93. The highest BCUT2D eigenvalue weighted by atomic mass is 32.2. The van der Waals surface area contributed by atoms with E-state index >= 15 is 0 Å². The monoisotopic (exact) mass is 250 g/mol. The maximum atomic E-state index is 11.5. The van der Waals surface area contributed by atoms with E-state index in [-0.39, 0.29) is 11.8 Å². The van der Waals surface area contributed by atoms with Crippen LogP contribution in [0, 0.1) is 11.3 Å². The maximum Gasteiger partial charge on any atom is 0.225 e. The van der Waals surface area contributed by atoms with Crippen LogP contribution in [-0.4, -0.2) is 12.2 Å². The summed E-state index contributed by atoms with van der Waals surface area (Å²) in [5.41, 5.74) is 1.73. The van der Waals surface area contributed by atoms with Gasteiger partial charge in [0.1, 0.15) is 0 Å². The molecule has 1 amide bonds. The van der Waals surface area contributed by atoms with Gasteiger partial charge in [0.15, 0.2) is 0 Å². The molecule has 0 radical (unpaired) electrons. The van der Waals surface area contributed by atoms with E-state index in [0.717, 1.165) is 5.56 Å². The highest BCUT2D eigenvalue weighted by Crippen LogP contribution is 2.35. The van der Waals surface area contributed by atoms with Gasteiger partial charge in [0, 0.05) is 12.3 Å². The Balaban J connectivity index is 2.44. The van der Waals surface area contributed by atoms with Gasteiger partial charge in [-0.2, -0.15) is 16.6 Å². The van der Waals surface area contributed by atoms with Gasteiger partial charge in [-0.3, -0.25) is 4.79 Å². The van der Waals surface area contributed by atoms with Crippen LogP contribution in [0.3, 0.4) is 0 Å². The van der Waals surface area contributed by atoms with Gasteiger partial charge in [-0.1, -0.05) is 0 Å². The van der Waals surface area contributed by atoms with Gasteiger partial charge in [0.2, 0.25) is 5.91 Å². The van der Waals surface area contributed by atoms with Gasteiger partial charge in [-0.05, 0) is 28.6 Å². The molecule has 0 aliphatic carbocycles.